The van der Waals surface area contributed by atoms with E-state index in [1.807, 2.05) is 30.3 Å². The molecule has 0 radical (unpaired) electrons. The average Bonchev–Trinajstić information content (AvgIpc) is 3.13. The van der Waals surface area contributed by atoms with E-state index in [9.17, 15) is 9.59 Å². The molecule has 0 saturated carbocycles. The predicted molar refractivity (Wildman–Crippen MR) is 105 cm³/mol. The number of benzene rings is 1. The number of hydrogen-bond acceptors (Lipinski definition) is 5. The maximum absolute atomic E-state index is 12.3. The van der Waals surface area contributed by atoms with Crippen molar-refractivity contribution < 1.29 is 19.1 Å². The predicted octanol–water partition coefficient (Wildman–Crippen LogP) is 3.74. The van der Waals surface area contributed by atoms with Crippen LogP contribution >= 0.6 is 11.3 Å². The molecule has 0 unspecified atom stereocenters. The van der Waals surface area contributed by atoms with Crippen LogP contribution in [0, 0.1) is 5.92 Å². The number of para-hydroxylation sites is 1. The summed E-state index contributed by atoms with van der Waals surface area (Å²) in [5, 5.41) is 2.75. The Morgan fingerprint density at radius 1 is 1.30 bits per heavy atom. The fourth-order valence-corrected chi connectivity index (χ4v) is 4.45. The first kappa shape index (κ1) is 19.4. The van der Waals surface area contributed by atoms with E-state index in [2.05, 4.69) is 12.2 Å². The molecule has 1 amide bonds. The van der Waals surface area contributed by atoms with Gasteiger partial charge in [-0.05, 0) is 42.9 Å². The van der Waals surface area contributed by atoms with E-state index >= 15 is 0 Å². The van der Waals surface area contributed by atoms with Crippen LogP contribution in [0.1, 0.15) is 45.4 Å². The third-order valence-corrected chi connectivity index (χ3v) is 6.18. The molecule has 1 atom stereocenters. The van der Waals surface area contributed by atoms with Gasteiger partial charge in [0.05, 0.1) is 7.11 Å². The van der Waals surface area contributed by atoms with Crippen molar-refractivity contribution in [1.29, 1.82) is 0 Å². The van der Waals surface area contributed by atoms with Crippen LogP contribution in [0.3, 0.4) is 0 Å². The molecule has 3 rings (SSSR count). The zero-order valence-electron chi connectivity index (χ0n) is 15.7. The van der Waals surface area contributed by atoms with Crippen LogP contribution in [-0.2, 0) is 28.9 Å². The molecule has 0 aliphatic heterocycles. The topological polar surface area (TPSA) is 64.6 Å². The molecule has 2 aromatic rings. The van der Waals surface area contributed by atoms with Gasteiger partial charge in [0, 0.05) is 17.0 Å². The monoisotopic (exact) mass is 387 g/mol. The van der Waals surface area contributed by atoms with Gasteiger partial charge in [0.25, 0.3) is 5.91 Å². The van der Waals surface area contributed by atoms with Crippen LogP contribution in [0.2, 0.25) is 0 Å². The van der Waals surface area contributed by atoms with Gasteiger partial charge in [-0.25, -0.2) is 4.79 Å². The summed E-state index contributed by atoms with van der Waals surface area (Å²) in [6, 6.07) is 9.41. The first-order chi connectivity index (χ1) is 13.1. The van der Waals surface area contributed by atoms with Gasteiger partial charge in [-0.2, -0.15) is 0 Å². The molecular formula is C21H25NO4S. The normalized spacial score (nSPS) is 15.7. The van der Waals surface area contributed by atoms with Crippen molar-refractivity contribution in [1.82, 2.24) is 5.32 Å². The zero-order valence-corrected chi connectivity index (χ0v) is 16.6. The van der Waals surface area contributed by atoms with Gasteiger partial charge < -0.3 is 14.8 Å². The Kier molecular flexibility index (Phi) is 6.50. The minimum atomic E-state index is -0.421. The van der Waals surface area contributed by atoms with Crippen LogP contribution in [0.25, 0.3) is 0 Å². The van der Waals surface area contributed by atoms with E-state index in [0.717, 1.165) is 18.4 Å². The number of carbonyl (C=O) groups is 2. The Morgan fingerprint density at radius 3 is 2.89 bits per heavy atom. The highest BCUT2D eigenvalue weighted by Gasteiger charge is 2.23. The molecule has 1 heterocycles. The second kappa shape index (κ2) is 9.04. The first-order valence-corrected chi connectivity index (χ1v) is 10.1. The van der Waals surface area contributed by atoms with E-state index in [4.69, 9.17) is 9.47 Å². The molecule has 27 heavy (non-hydrogen) atoms. The van der Waals surface area contributed by atoms with Crippen molar-refractivity contribution in [3.05, 3.63) is 51.2 Å². The second-order valence-electron chi connectivity index (χ2n) is 6.74. The Labute approximate surface area is 163 Å². The molecule has 0 saturated heterocycles. The van der Waals surface area contributed by atoms with Crippen molar-refractivity contribution in [2.24, 2.45) is 5.92 Å². The van der Waals surface area contributed by atoms with Crippen LogP contribution in [-0.4, -0.2) is 25.6 Å². The molecule has 1 aromatic heterocycles. The van der Waals surface area contributed by atoms with Crippen molar-refractivity contribution in [2.75, 3.05) is 13.7 Å². The third-order valence-electron chi connectivity index (χ3n) is 4.97. The van der Waals surface area contributed by atoms with Gasteiger partial charge in [-0.15, -0.1) is 11.3 Å². The Bertz CT molecular complexity index is 814. The average molecular weight is 388 g/mol. The molecular weight excluding hydrogens is 362 g/mol. The fraction of sp³-hybridized carbons (Fsp3) is 0.429. The summed E-state index contributed by atoms with van der Waals surface area (Å²) in [4.78, 5) is 26.2. The van der Waals surface area contributed by atoms with E-state index < -0.39 is 5.97 Å². The Morgan fingerprint density at radius 2 is 2.11 bits per heavy atom. The van der Waals surface area contributed by atoms with Gasteiger partial charge in [0.1, 0.15) is 10.6 Å². The molecule has 1 N–H and O–H groups in total. The number of fused-ring (bicyclic) bond motifs is 1. The van der Waals surface area contributed by atoms with E-state index in [1.165, 1.54) is 34.6 Å². The third kappa shape index (κ3) is 4.89. The second-order valence-corrected chi connectivity index (χ2v) is 7.88. The van der Waals surface area contributed by atoms with E-state index in [1.54, 1.807) is 7.11 Å². The smallest absolute Gasteiger partial charge is 0.348 e. The van der Waals surface area contributed by atoms with Crippen molar-refractivity contribution >= 4 is 23.2 Å². The number of amides is 1. The maximum Gasteiger partial charge on any atom is 0.348 e. The van der Waals surface area contributed by atoms with Gasteiger partial charge in [0.15, 0.2) is 6.61 Å². The minimum absolute atomic E-state index is 0.284. The molecule has 0 spiro atoms. The quantitative estimate of drug-likeness (QED) is 0.735. The van der Waals surface area contributed by atoms with Gasteiger partial charge in [-0.1, -0.05) is 31.5 Å². The van der Waals surface area contributed by atoms with Crippen molar-refractivity contribution in [3.8, 4) is 5.75 Å². The summed E-state index contributed by atoms with van der Waals surface area (Å²) in [7, 11) is 1.59. The molecule has 0 bridgehead atoms. The molecule has 1 aliphatic rings. The highest BCUT2D eigenvalue weighted by atomic mass is 32.1. The van der Waals surface area contributed by atoms with Gasteiger partial charge in [-0.3, -0.25) is 4.79 Å². The number of rotatable bonds is 7. The molecule has 1 aromatic carbocycles. The first-order valence-electron chi connectivity index (χ1n) is 9.28. The van der Waals surface area contributed by atoms with Crippen LogP contribution in [0.4, 0.5) is 0 Å². The van der Waals surface area contributed by atoms with Gasteiger partial charge >= 0.3 is 5.97 Å². The van der Waals surface area contributed by atoms with E-state index in [-0.39, 0.29) is 12.5 Å². The fourth-order valence-electron chi connectivity index (χ4n) is 3.34. The number of ether oxygens (including phenoxy) is 2. The van der Waals surface area contributed by atoms with E-state index in [0.29, 0.717) is 23.1 Å². The van der Waals surface area contributed by atoms with Gasteiger partial charge in [0.2, 0.25) is 0 Å². The number of nitrogens with one attached hydrogen (secondary N) is 1. The summed E-state index contributed by atoms with van der Waals surface area (Å²) in [5.74, 6) is 0.664. The highest BCUT2D eigenvalue weighted by Crippen LogP contribution is 2.33. The maximum atomic E-state index is 12.3. The lowest BCUT2D eigenvalue weighted by Gasteiger charge is -2.19. The molecule has 0 fully saturated rings. The number of hydrogen-bond donors (Lipinski definition) is 1. The van der Waals surface area contributed by atoms with Crippen LogP contribution < -0.4 is 10.1 Å². The molecule has 1 aliphatic carbocycles. The summed E-state index contributed by atoms with van der Waals surface area (Å²) in [6.07, 6.45) is 4.42. The van der Waals surface area contributed by atoms with Crippen molar-refractivity contribution in [2.45, 2.75) is 39.2 Å². The minimum Gasteiger partial charge on any atom is -0.496 e. The molecule has 5 nitrogen and oxygen atoms in total. The number of methoxy groups -OCH3 is 1. The lowest BCUT2D eigenvalue weighted by molar-refractivity contribution is -0.124. The van der Waals surface area contributed by atoms with Crippen molar-refractivity contribution in [3.63, 3.8) is 0 Å². The highest BCUT2D eigenvalue weighted by molar-refractivity contribution is 7.14. The summed E-state index contributed by atoms with van der Waals surface area (Å²) in [6.45, 7) is 2.25. The standard InChI is InChI=1S/C21H25NO4S/c1-3-14-8-9-18-16(10-14)11-19(27-18)21(24)26-13-20(23)22-12-15-6-4-5-7-17(15)25-2/h4-7,11,14H,3,8-10,12-13H2,1-2H3,(H,22,23)/t14-/m0/s1. The number of aryl methyl sites for hydroxylation is 1. The summed E-state index contributed by atoms with van der Waals surface area (Å²) < 4.78 is 10.4. The Hall–Kier alpha value is -2.34. The molecule has 6 heteroatoms. The lowest BCUT2D eigenvalue weighted by Crippen LogP contribution is -2.28. The SMILES string of the molecule is CC[C@H]1CCc2sc(C(=O)OCC(=O)NCc3ccccc3OC)cc2C1. The lowest BCUT2D eigenvalue weighted by atomic mass is 9.87. The number of carbonyl (C=O) groups excluding carboxylic acids is 2. The zero-order chi connectivity index (χ0) is 19.2. The Balaban J connectivity index is 1.49. The number of esters is 1. The largest absolute Gasteiger partial charge is 0.496 e. The van der Waals surface area contributed by atoms with Crippen LogP contribution in [0.15, 0.2) is 30.3 Å². The summed E-state index contributed by atoms with van der Waals surface area (Å²) >= 11 is 1.50. The molecule has 144 valence electrons. The summed E-state index contributed by atoms with van der Waals surface area (Å²) in [5.41, 5.74) is 2.14. The van der Waals surface area contributed by atoms with Crippen LogP contribution in [0.5, 0.6) is 5.75 Å². The number of thiophene rings is 1.